The van der Waals surface area contributed by atoms with Crippen molar-refractivity contribution in [1.82, 2.24) is 4.90 Å². The number of likely N-dealkylation sites (tertiary alicyclic amines) is 1. The highest BCUT2D eigenvalue weighted by Crippen LogP contribution is 2.27. The summed E-state index contributed by atoms with van der Waals surface area (Å²) >= 11 is 0. The standard InChI is InChI=1S/C17H21NO2/c1-2-12-3-5-15-8-13(4-6-14(15)7-12)9-18-10-16(11-18)17(19)20/h3,5,7-8,16H,2,4,6,9-11H2,1H3,(H,19,20). The molecule has 0 aromatic heterocycles. The summed E-state index contributed by atoms with van der Waals surface area (Å²) in [6.45, 7) is 4.52. The Balaban J connectivity index is 1.64. The predicted octanol–water partition coefficient (Wildman–Crippen LogP) is 2.60. The van der Waals surface area contributed by atoms with Gasteiger partial charge in [-0.2, -0.15) is 0 Å². The lowest BCUT2D eigenvalue weighted by molar-refractivity contribution is -0.147. The first-order valence-corrected chi connectivity index (χ1v) is 7.42. The van der Waals surface area contributed by atoms with E-state index in [0.717, 1.165) is 25.8 Å². The van der Waals surface area contributed by atoms with E-state index in [0.29, 0.717) is 13.1 Å². The molecule has 0 saturated carbocycles. The molecular formula is C17H21NO2. The number of nitrogens with zero attached hydrogens (tertiary/aromatic N) is 1. The third-order valence-electron chi connectivity index (χ3n) is 4.42. The van der Waals surface area contributed by atoms with Gasteiger partial charge in [0, 0.05) is 19.6 Å². The number of rotatable bonds is 4. The normalized spacial score (nSPS) is 19.1. The van der Waals surface area contributed by atoms with Crippen molar-refractivity contribution >= 4 is 12.0 Å². The van der Waals surface area contributed by atoms with Crippen molar-refractivity contribution in [2.45, 2.75) is 26.2 Å². The lowest BCUT2D eigenvalue weighted by Gasteiger charge is -2.37. The van der Waals surface area contributed by atoms with E-state index in [1.54, 1.807) is 0 Å². The van der Waals surface area contributed by atoms with Crippen LogP contribution in [0.25, 0.3) is 6.08 Å². The summed E-state index contributed by atoms with van der Waals surface area (Å²) in [7, 11) is 0. The van der Waals surface area contributed by atoms with Crippen molar-refractivity contribution in [3.05, 3.63) is 40.5 Å². The number of aliphatic carboxylic acids is 1. The number of carbonyl (C=O) groups is 1. The third kappa shape index (κ3) is 2.63. The number of hydrogen-bond donors (Lipinski definition) is 1. The molecule has 0 spiro atoms. The van der Waals surface area contributed by atoms with Crippen LogP contribution in [0, 0.1) is 5.92 Å². The molecule has 1 aromatic carbocycles. The molecule has 1 heterocycles. The SMILES string of the molecule is CCc1ccc2c(c1)CCC(CN1CC(C(=O)O)C1)=C2. The van der Waals surface area contributed by atoms with Gasteiger partial charge in [-0.3, -0.25) is 9.69 Å². The third-order valence-corrected chi connectivity index (χ3v) is 4.42. The van der Waals surface area contributed by atoms with Gasteiger partial charge < -0.3 is 5.11 Å². The second-order valence-electron chi connectivity index (χ2n) is 5.92. The minimum Gasteiger partial charge on any atom is -0.481 e. The molecule has 3 heteroatoms. The quantitative estimate of drug-likeness (QED) is 0.915. The van der Waals surface area contributed by atoms with Crippen LogP contribution >= 0.6 is 0 Å². The Morgan fingerprint density at radius 3 is 2.85 bits per heavy atom. The van der Waals surface area contributed by atoms with Gasteiger partial charge in [-0.25, -0.2) is 0 Å². The summed E-state index contributed by atoms with van der Waals surface area (Å²) in [6, 6.07) is 6.76. The molecule has 1 aliphatic carbocycles. The van der Waals surface area contributed by atoms with Gasteiger partial charge in [0.25, 0.3) is 0 Å². The molecule has 1 aliphatic heterocycles. The summed E-state index contributed by atoms with van der Waals surface area (Å²) in [5, 5.41) is 8.90. The Hall–Kier alpha value is -1.61. The minimum absolute atomic E-state index is 0.154. The fraction of sp³-hybridized carbons (Fsp3) is 0.471. The summed E-state index contributed by atoms with van der Waals surface area (Å²) < 4.78 is 0. The first kappa shape index (κ1) is 13.4. The molecule has 3 nitrogen and oxygen atoms in total. The van der Waals surface area contributed by atoms with Gasteiger partial charge in [-0.15, -0.1) is 0 Å². The van der Waals surface area contributed by atoms with Gasteiger partial charge in [0.05, 0.1) is 5.92 Å². The zero-order valence-electron chi connectivity index (χ0n) is 11.9. The smallest absolute Gasteiger partial charge is 0.309 e. The molecule has 0 bridgehead atoms. The maximum absolute atomic E-state index is 10.8. The van der Waals surface area contributed by atoms with E-state index in [1.807, 2.05) is 0 Å². The summed E-state index contributed by atoms with van der Waals surface area (Å²) in [5.41, 5.74) is 5.65. The molecule has 1 saturated heterocycles. The van der Waals surface area contributed by atoms with Crippen LogP contribution in [0.15, 0.2) is 23.8 Å². The van der Waals surface area contributed by atoms with Crippen molar-refractivity contribution in [3.63, 3.8) is 0 Å². The number of aryl methyl sites for hydroxylation is 2. The van der Waals surface area contributed by atoms with Crippen molar-refractivity contribution in [3.8, 4) is 0 Å². The van der Waals surface area contributed by atoms with Crippen molar-refractivity contribution in [2.75, 3.05) is 19.6 Å². The largest absolute Gasteiger partial charge is 0.481 e. The average Bonchev–Trinajstić information content (AvgIpc) is 2.41. The van der Waals surface area contributed by atoms with Gasteiger partial charge in [-0.1, -0.05) is 36.8 Å². The highest BCUT2D eigenvalue weighted by molar-refractivity contribution is 5.71. The highest BCUT2D eigenvalue weighted by atomic mass is 16.4. The fourth-order valence-corrected chi connectivity index (χ4v) is 3.09. The fourth-order valence-electron chi connectivity index (χ4n) is 3.09. The van der Waals surface area contributed by atoms with Gasteiger partial charge >= 0.3 is 5.97 Å². The van der Waals surface area contributed by atoms with Crippen LogP contribution in [0.3, 0.4) is 0 Å². The molecular weight excluding hydrogens is 250 g/mol. The molecule has 0 amide bonds. The van der Waals surface area contributed by atoms with Crippen LogP contribution in [0.1, 0.15) is 30.0 Å². The Kier molecular flexibility index (Phi) is 3.62. The first-order chi connectivity index (χ1) is 9.65. The van der Waals surface area contributed by atoms with E-state index in [1.165, 1.54) is 22.3 Å². The Bertz CT molecular complexity index is 556. The summed E-state index contributed by atoms with van der Waals surface area (Å²) in [6.07, 6.45) is 5.61. The zero-order chi connectivity index (χ0) is 14.1. The van der Waals surface area contributed by atoms with Crippen LogP contribution in [0.4, 0.5) is 0 Å². The van der Waals surface area contributed by atoms with Crippen molar-refractivity contribution in [2.24, 2.45) is 5.92 Å². The lowest BCUT2D eigenvalue weighted by atomic mass is 9.89. The molecule has 1 fully saturated rings. The Morgan fingerprint density at radius 2 is 2.15 bits per heavy atom. The van der Waals surface area contributed by atoms with Gasteiger partial charge in [-0.05, 0) is 36.0 Å². The van der Waals surface area contributed by atoms with Gasteiger partial charge in [0.1, 0.15) is 0 Å². The second kappa shape index (κ2) is 5.41. The van der Waals surface area contributed by atoms with Crippen LogP contribution in [0.2, 0.25) is 0 Å². The Morgan fingerprint density at radius 1 is 1.35 bits per heavy atom. The van der Waals surface area contributed by atoms with E-state index in [4.69, 9.17) is 5.11 Å². The van der Waals surface area contributed by atoms with Crippen LogP contribution in [0.5, 0.6) is 0 Å². The van der Waals surface area contributed by atoms with Crippen molar-refractivity contribution in [1.29, 1.82) is 0 Å². The monoisotopic (exact) mass is 271 g/mol. The summed E-state index contributed by atoms with van der Waals surface area (Å²) in [4.78, 5) is 13.0. The molecule has 1 N–H and O–H groups in total. The van der Waals surface area contributed by atoms with E-state index >= 15 is 0 Å². The van der Waals surface area contributed by atoms with Crippen molar-refractivity contribution < 1.29 is 9.90 Å². The molecule has 3 rings (SSSR count). The Labute approximate surface area is 119 Å². The molecule has 106 valence electrons. The van der Waals surface area contributed by atoms with E-state index < -0.39 is 5.97 Å². The maximum Gasteiger partial charge on any atom is 0.309 e. The number of hydrogen-bond acceptors (Lipinski definition) is 2. The van der Waals surface area contributed by atoms with Crippen LogP contribution in [-0.2, 0) is 17.6 Å². The van der Waals surface area contributed by atoms with E-state index in [9.17, 15) is 4.79 Å². The second-order valence-corrected chi connectivity index (χ2v) is 5.92. The highest BCUT2D eigenvalue weighted by Gasteiger charge is 2.32. The molecule has 20 heavy (non-hydrogen) atoms. The number of benzene rings is 1. The zero-order valence-corrected chi connectivity index (χ0v) is 11.9. The minimum atomic E-state index is -0.656. The molecule has 0 unspecified atom stereocenters. The van der Waals surface area contributed by atoms with Gasteiger partial charge in [0.2, 0.25) is 0 Å². The maximum atomic E-state index is 10.8. The number of carboxylic acid groups (broad SMARTS) is 1. The number of fused-ring (bicyclic) bond motifs is 1. The molecule has 0 atom stereocenters. The summed E-state index contributed by atoms with van der Waals surface area (Å²) in [5.74, 6) is -0.810. The number of carboxylic acids is 1. The lowest BCUT2D eigenvalue weighted by Crippen LogP contribution is -2.50. The molecule has 1 aromatic rings. The van der Waals surface area contributed by atoms with E-state index in [-0.39, 0.29) is 5.92 Å². The molecule has 2 aliphatic rings. The van der Waals surface area contributed by atoms with Crippen LogP contribution < -0.4 is 0 Å². The van der Waals surface area contributed by atoms with Crippen LogP contribution in [-0.4, -0.2) is 35.6 Å². The van der Waals surface area contributed by atoms with Gasteiger partial charge in [0.15, 0.2) is 0 Å². The van der Waals surface area contributed by atoms with E-state index in [2.05, 4.69) is 36.1 Å². The topological polar surface area (TPSA) is 40.5 Å². The molecule has 0 radical (unpaired) electrons. The average molecular weight is 271 g/mol. The first-order valence-electron chi connectivity index (χ1n) is 7.42. The predicted molar refractivity (Wildman–Crippen MR) is 79.7 cm³/mol.